The minimum absolute atomic E-state index is 0.0170. The molecule has 0 aromatic rings. The summed E-state index contributed by atoms with van der Waals surface area (Å²) >= 11 is 0. The minimum Gasteiger partial charge on any atom is -0.512 e. The van der Waals surface area contributed by atoms with E-state index in [0.29, 0.717) is 5.76 Å². The topological polar surface area (TPSA) is 41.5 Å². The second-order valence-electron chi connectivity index (χ2n) is 5.10. The smallest absolute Gasteiger partial charge is 0.116 e. The van der Waals surface area contributed by atoms with Crippen molar-refractivity contribution in [3.05, 3.63) is 59.6 Å². The number of ether oxygens (including phenoxy) is 1. The minimum atomic E-state index is 0.0170. The van der Waals surface area contributed by atoms with Gasteiger partial charge in [-0.05, 0) is 36.6 Å². The molecule has 0 amide bonds. The van der Waals surface area contributed by atoms with Gasteiger partial charge in [-0.3, -0.25) is 5.32 Å². The largest absolute Gasteiger partial charge is 0.512 e. The van der Waals surface area contributed by atoms with E-state index in [-0.39, 0.29) is 18.0 Å². The molecule has 100 valence electrons. The Kier molecular flexibility index (Phi) is 3.30. The van der Waals surface area contributed by atoms with Gasteiger partial charge in [0.05, 0.1) is 24.8 Å². The van der Waals surface area contributed by atoms with E-state index in [1.54, 1.807) is 7.11 Å². The van der Waals surface area contributed by atoms with E-state index < -0.39 is 0 Å². The molecule has 0 aromatic carbocycles. The first kappa shape index (κ1) is 12.3. The Balaban J connectivity index is 1.86. The van der Waals surface area contributed by atoms with Gasteiger partial charge in [0.1, 0.15) is 5.76 Å². The molecule has 0 aromatic heterocycles. The van der Waals surface area contributed by atoms with Gasteiger partial charge in [-0.2, -0.15) is 0 Å². The van der Waals surface area contributed by atoms with Gasteiger partial charge in [0.15, 0.2) is 0 Å². The molecule has 3 atom stereocenters. The molecule has 3 rings (SSSR count). The lowest BCUT2D eigenvalue weighted by Gasteiger charge is -2.35. The number of nitrogens with one attached hydrogen (secondary N) is 1. The van der Waals surface area contributed by atoms with Crippen molar-refractivity contribution in [2.24, 2.45) is 5.92 Å². The van der Waals surface area contributed by atoms with Crippen molar-refractivity contribution in [2.45, 2.75) is 24.9 Å². The van der Waals surface area contributed by atoms with Crippen LogP contribution in [-0.2, 0) is 4.74 Å². The predicted molar refractivity (Wildman–Crippen MR) is 75.6 cm³/mol. The van der Waals surface area contributed by atoms with Crippen LogP contribution in [0.5, 0.6) is 0 Å². The van der Waals surface area contributed by atoms with E-state index in [0.717, 1.165) is 18.6 Å². The highest BCUT2D eigenvalue weighted by molar-refractivity contribution is 5.38. The molecular weight excluding hydrogens is 238 g/mol. The summed E-state index contributed by atoms with van der Waals surface area (Å²) in [6.07, 6.45) is 16.6. The fourth-order valence-electron chi connectivity index (χ4n) is 2.82. The molecule has 0 saturated carbocycles. The van der Waals surface area contributed by atoms with Crippen molar-refractivity contribution in [3.8, 4) is 0 Å². The maximum atomic E-state index is 10.2. The van der Waals surface area contributed by atoms with Gasteiger partial charge < -0.3 is 9.84 Å². The number of hydrogen-bond acceptors (Lipinski definition) is 3. The van der Waals surface area contributed by atoms with Gasteiger partial charge in [0.2, 0.25) is 0 Å². The number of methoxy groups -OCH3 is 1. The Hall–Kier alpha value is -1.74. The summed E-state index contributed by atoms with van der Waals surface area (Å²) in [4.78, 5) is 0. The SMILES string of the molecule is COC1=CC2N[C@@H](C3=CCCC=C3)C=C(O)C2C=C1. The van der Waals surface area contributed by atoms with Crippen LogP contribution in [0.15, 0.2) is 59.6 Å². The average Bonchev–Trinajstić information content (AvgIpc) is 2.47. The van der Waals surface area contributed by atoms with Gasteiger partial charge in [0.25, 0.3) is 0 Å². The van der Waals surface area contributed by atoms with Crippen molar-refractivity contribution in [2.75, 3.05) is 7.11 Å². The normalized spacial score (nSPS) is 33.1. The van der Waals surface area contributed by atoms with Gasteiger partial charge in [0, 0.05) is 6.04 Å². The number of aliphatic hydroxyl groups is 1. The number of rotatable bonds is 2. The summed E-state index contributed by atoms with van der Waals surface area (Å²) < 4.78 is 5.26. The Morgan fingerprint density at radius 2 is 2.16 bits per heavy atom. The molecule has 0 bridgehead atoms. The van der Waals surface area contributed by atoms with E-state index in [4.69, 9.17) is 4.74 Å². The van der Waals surface area contributed by atoms with Crippen LogP contribution in [0.2, 0.25) is 0 Å². The van der Waals surface area contributed by atoms with Crippen molar-refractivity contribution in [3.63, 3.8) is 0 Å². The summed E-state index contributed by atoms with van der Waals surface area (Å²) in [5.41, 5.74) is 1.23. The van der Waals surface area contributed by atoms with Gasteiger partial charge in [-0.1, -0.05) is 24.3 Å². The molecule has 19 heavy (non-hydrogen) atoms. The molecule has 0 radical (unpaired) electrons. The molecule has 1 aliphatic heterocycles. The second-order valence-corrected chi connectivity index (χ2v) is 5.10. The molecule has 1 heterocycles. The zero-order chi connectivity index (χ0) is 13.2. The van der Waals surface area contributed by atoms with Crippen LogP contribution in [0.1, 0.15) is 12.8 Å². The molecule has 2 unspecified atom stereocenters. The standard InChI is InChI=1S/C16H19NO2/c1-19-12-7-8-13-15(9-12)17-14(10-16(13)18)11-5-3-2-4-6-11/h3,5-10,13-15,17-18H,2,4H2,1H3/t13?,14-,15?/m1/s1. The molecule has 3 aliphatic rings. The van der Waals surface area contributed by atoms with E-state index in [1.165, 1.54) is 5.57 Å². The number of hydrogen-bond donors (Lipinski definition) is 2. The summed E-state index contributed by atoms with van der Waals surface area (Å²) in [7, 11) is 1.67. The van der Waals surface area contributed by atoms with Crippen LogP contribution in [0.3, 0.4) is 0 Å². The van der Waals surface area contributed by atoms with E-state index in [9.17, 15) is 5.11 Å². The Morgan fingerprint density at radius 1 is 1.26 bits per heavy atom. The van der Waals surface area contributed by atoms with Crippen LogP contribution in [0, 0.1) is 5.92 Å². The number of aliphatic hydroxyl groups excluding tert-OH is 1. The zero-order valence-corrected chi connectivity index (χ0v) is 11.0. The molecule has 0 fully saturated rings. The molecule has 0 saturated heterocycles. The van der Waals surface area contributed by atoms with E-state index in [2.05, 4.69) is 23.5 Å². The van der Waals surface area contributed by atoms with Crippen LogP contribution in [0.4, 0.5) is 0 Å². The lowest BCUT2D eigenvalue weighted by Crippen LogP contribution is -2.46. The van der Waals surface area contributed by atoms with Crippen molar-refractivity contribution >= 4 is 0 Å². The van der Waals surface area contributed by atoms with Gasteiger partial charge in [-0.15, -0.1) is 0 Å². The monoisotopic (exact) mass is 257 g/mol. The summed E-state index contributed by atoms with van der Waals surface area (Å²) in [6.45, 7) is 0. The number of fused-ring (bicyclic) bond motifs is 1. The maximum Gasteiger partial charge on any atom is 0.116 e. The first-order valence-electron chi connectivity index (χ1n) is 6.75. The third kappa shape index (κ3) is 2.38. The Labute approximate surface area is 113 Å². The van der Waals surface area contributed by atoms with Crippen LogP contribution >= 0.6 is 0 Å². The average molecular weight is 257 g/mol. The second kappa shape index (κ2) is 5.10. The summed E-state index contributed by atoms with van der Waals surface area (Å²) in [5, 5.41) is 13.8. The van der Waals surface area contributed by atoms with Gasteiger partial charge >= 0.3 is 0 Å². The zero-order valence-electron chi connectivity index (χ0n) is 11.0. The molecule has 2 N–H and O–H groups in total. The predicted octanol–water partition coefficient (Wildman–Crippen LogP) is 2.76. The highest BCUT2D eigenvalue weighted by Gasteiger charge is 2.31. The van der Waals surface area contributed by atoms with Crippen LogP contribution in [0.25, 0.3) is 0 Å². The van der Waals surface area contributed by atoms with Crippen LogP contribution < -0.4 is 5.32 Å². The molecular formula is C16H19NO2. The van der Waals surface area contributed by atoms with E-state index in [1.807, 2.05) is 24.3 Å². The van der Waals surface area contributed by atoms with Gasteiger partial charge in [-0.25, -0.2) is 0 Å². The highest BCUT2D eigenvalue weighted by Crippen LogP contribution is 2.29. The van der Waals surface area contributed by atoms with Crippen LogP contribution in [-0.4, -0.2) is 24.3 Å². The third-order valence-corrected chi connectivity index (χ3v) is 3.87. The Morgan fingerprint density at radius 3 is 2.89 bits per heavy atom. The summed E-state index contributed by atoms with van der Waals surface area (Å²) in [5.74, 6) is 1.30. The fraction of sp³-hybridized carbons (Fsp3) is 0.375. The van der Waals surface area contributed by atoms with E-state index >= 15 is 0 Å². The van der Waals surface area contributed by atoms with Crippen molar-refractivity contribution < 1.29 is 9.84 Å². The fourth-order valence-corrected chi connectivity index (χ4v) is 2.82. The molecule has 2 aliphatic carbocycles. The summed E-state index contributed by atoms with van der Waals surface area (Å²) in [6, 6.07) is 0.171. The van der Waals surface area contributed by atoms with Crippen molar-refractivity contribution in [1.82, 2.24) is 5.32 Å². The molecule has 0 spiro atoms. The highest BCUT2D eigenvalue weighted by atomic mass is 16.5. The molecule has 3 heteroatoms. The quantitative estimate of drug-likeness (QED) is 0.799. The maximum absolute atomic E-state index is 10.2. The first-order chi connectivity index (χ1) is 9.28. The number of allylic oxidation sites excluding steroid dienone is 3. The first-order valence-corrected chi connectivity index (χ1v) is 6.75. The lowest BCUT2D eigenvalue weighted by molar-refractivity contribution is 0.274. The lowest BCUT2D eigenvalue weighted by atomic mass is 9.85. The third-order valence-electron chi connectivity index (χ3n) is 3.87. The van der Waals surface area contributed by atoms with Crippen molar-refractivity contribution in [1.29, 1.82) is 0 Å². The Bertz CT molecular complexity index is 511. The molecule has 3 nitrogen and oxygen atoms in total.